The molecule has 0 aromatic carbocycles. The van der Waals surface area contributed by atoms with Crippen LogP contribution in [0.25, 0.3) is 0 Å². The van der Waals surface area contributed by atoms with Gasteiger partial charge in [-0.3, -0.25) is 9.67 Å². The zero-order valence-corrected chi connectivity index (χ0v) is 11.6. The molecule has 2 rings (SSSR count). The van der Waals surface area contributed by atoms with Gasteiger partial charge in [-0.05, 0) is 47.5 Å². The van der Waals surface area contributed by atoms with Crippen molar-refractivity contribution in [2.45, 2.75) is 20.0 Å². The molecule has 1 unspecified atom stereocenters. The maximum Gasteiger partial charge on any atom is 0.122 e. The maximum absolute atomic E-state index is 10.4. The van der Waals surface area contributed by atoms with Crippen molar-refractivity contribution in [3.05, 3.63) is 45.4 Å². The highest BCUT2D eigenvalue weighted by Gasteiger charge is 2.18. The first-order valence-electron chi connectivity index (χ1n) is 5.29. The largest absolute Gasteiger partial charge is 0.382 e. The Bertz CT molecular complexity index is 511. The smallest absolute Gasteiger partial charge is 0.122 e. The first-order chi connectivity index (χ1) is 7.99. The van der Waals surface area contributed by atoms with Gasteiger partial charge >= 0.3 is 0 Å². The summed E-state index contributed by atoms with van der Waals surface area (Å²) < 4.78 is 2.47. The average molecular weight is 296 g/mol. The normalized spacial score (nSPS) is 12.8. The predicted octanol–water partition coefficient (Wildman–Crippen LogP) is 2.28. The minimum absolute atomic E-state index is 0.697. The second-order valence-electron chi connectivity index (χ2n) is 4.09. The number of aromatic nitrogens is 3. The van der Waals surface area contributed by atoms with E-state index in [4.69, 9.17) is 0 Å². The molecule has 2 aromatic rings. The summed E-state index contributed by atoms with van der Waals surface area (Å²) in [4.78, 5) is 4.30. The summed E-state index contributed by atoms with van der Waals surface area (Å²) >= 11 is 3.39. The van der Waals surface area contributed by atoms with E-state index in [1.165, 1.54) is 0 Å². The molecule has 1 atom stereocenters. The molecule has 0 saturated heterocycles. The van der Waals surface area contributed by atoms with Crippen LogP contribution in [-0.2, 0) is 7.05 Å². The van der Waals surface area contributed by atoms with Crippen LogP contribution in [-0.4, -0.2) is 19.9 Å². The molecule has 4 nitrogen and oxygen atoms in total. The SMILES string of the molecule is Cc1cc(C(O)c2c(Br)cnn2C)cc(C)n1. The van der Waals surface area contributed by atoms with Crippen LogP contribution in [0, 0.1) is 13.8 Å². The standard InChI is InChI=1S/C12H14BrN3O/c1-7-4-9(5-8(2)15-7)12(17)11-10(13)6-14-16(11)3/h4-6,12,17H,1-3H3. The highest BCUT2D eigenvalue weighted by Crippen LogP contribution is 2.28. The van der Waals surface area contributed by atoms with Gasteiger partial charge in [0.1, 0.15) is 6.10 Å². The van der Waals surface area contributed by atoms with E-state index in [9.17, 15) is 5.11 Å². The van der Waals surface area contributed by atoms with E-state index in [1.807, 2.05) is 33.0 Å². The van der Waals surface area contributed by atoms with Gasteiger partial charge in [0.25, 0.3) is 0 Å². The molecule has 2 aromatic heterocycles. The molecule has 0 radical (unpaired) electrons. The molecule has 0 spiro atoms. The van der Waals surface area contributed by atoms with Crippen LogP contribution in [0.4, 0.5) is 0 Å². The fraction of sp³-hybridized carbons (Fsp3) is 0.333. The van der Waals surface area contributed by atoms with Crippen molar-refractivity contribution in [3.63, 3.8) is 0 Å². The van der Waals surface area contributed by atoms with E-state index in [0.29, 0.717) is 0 Å². The fourth-order valence-corrected chi connectivity index (χ4v) is 2.48. The van der Waals surface area contributed by atoms with E-state index in [2.05, 4.69) is 26.0 Å². The predicted molar refractivity (Wildman–Crippen MR) is 68.7 cm³/mol. The Balaban J connectivity index is 2.47. The van der Waals surface area contributed by atoms with Gasteiger partial charge in [0.2, 0.25) is 0 Å². The van der Waals surface area contributed by atoms with Crippen molar-refractivity contribution in [1.29, 1.82) is 0 Å². The number of aliphatic hydroxyl groups excluding tert-OH is 1. The molecule has 0 saturated carbocycles. The fourth-order valence-electron chi connectivity index (χ4n) is 1.91. The van der Waals surface area contributed by atoms with E-state index in [-0.39, 0.29) is 0 Å². The summed E-state index contributed by atoms with van der Waals surface area (Å²) in [6, 6.07) is 3.77. The second kappa shape index (κ2) is 4.58. The molecular weight excluding hydrogens is 282 g/mol. The first-order valence-corrected chi connectivity index (χ1v) is 6.09. The molecule has 0 amide bonds. The molecule has 90 valence electrons. The van der Waals surface area contributed by atoms with Gasteiger partial charge in [-0.15, -0.1) is 0 Å². The topological polar surface area (TPSA) is 50.9 Å². The molecule has 0 aliphatic heterocycles. The van der Waals surface area contributed by atoms with Crippen LogP contribution in [0.1, 0.15) is 28.7 Å². The van der Waals surface area contributed by atoms with E-state index in [0.717, 1.165) is 27.1 Å². The highest BCUT2D eigenvalue weighted by atomic mass is 79.9. The van der Waals surface area contributed by atoms with Crippen molar-refractivity contribution in [1.82, 2.24) is 14.8 Å². The van der Waals surface area contributed by atoms with Crippen LogP contribution in [0.15, 0.2) is 22.8 Å². The lowest BCUT2D eigenvalue weighted by Gasteiger charge is -2.13. The quantitative estimate of drug-likeness (QED) is 0.925. The molecule has 0 bridgehead atoms. The van der Waals surface area contributed by atoms with Crippen LogP contribution >= 0.6 is 15.9 Å². The van der Waals surface area contributed by atoms with E-state index < -0.39 is 6.10 Å². The van der Waals surface area contributed by atoms with Crippen LogP contribution < -0.4 is 0 Å². The molecule has 1 N–H and O–H groups in total. The maximum atomic E-state index is 10.4. The molecule has 0 aliphatic rings. The lowest BCUT2D eigenvalue weighted by atomic mass is 10.1. The van der Waals surface area contributed by atoms with E-state index >= 15 is 0 Å². The van der Waals surface area contributed by atoms with Gasteiger partial charge in [0, 0.05) is 18.4 Å². The minimum Gasteiger partial charge on any atom is -0.382 e. The molecule has 5 heteroatoms. The summed E-state index contributed by atoms with van der Waals surface area (Å²) in [5.41, 5.74) is 3.38. The Morgan fingerprint density at radius 2 is 1.88 bits per heavy atom. The highest BCUT2D eigenvalue weighted by molar-refractivity contribution is 9.10. The zero-order chi connectivity index (χ0) is 12.6. The minimum atomic E-state index is -0.697. The third-order valence-electron chi connectivity index (χ3n) is 2.62. The molecule has 2 heterocycles. The monoisotopic (exact) mass is 295 g/mol. The average Bonchev–Trinajstić information content (AvgIpc) is 2.56. The molecule has 17 heavy (non-hydrogen) atoms. The number of aliphatic hydroxyl groups is 1. The third-order valence-corrected chi connectivity index (χ3v) is 3.23. The summed E-state index contributed by atoms with van der Waals surface area (Å²) in [6.07, 6.45) is 0.983. The number of rotatable bonds is 2. The van der Waals surface area contributed by atoms with Crippen LogP contribution in [0.2, 0.25) is 0 Å². The summed E-state index contributed by atoms with van der Waals surface area (Å²) in [6.45, 7) is 3.84. The summed E-state index contributed by atoms with van der Waals surface area (Å²) in [5.74, 6) is 0. The Morgan fingerprint density at radius 1 is 1.29 bits per heavy atom. The van der Waals surface area contributed by atoms with Crippen molar-refractivity contribution in [3.8, 4) is 0 Å². The van der Waals surface area contributed by atoms with Gasteiger partial charge in [-0.2, -0.15) is 5.10 Å². The second-order valence-corrected chi connectivity index (χ2v) is 4.94. The number of aryl methyl sites for hydroxylation is 3. The lowest BCUT2D eigenvalue weighted by Crippen LogP contribution is -2.08. The Morgan fingerprint density at radius 3 is 2.35 bits per heavy atom. The number of hydrogen-bond donors (Lipinski definition) is 1. The van der Waals surface area contributed by atoms with Crippen molar-refractivity contribution in [2.24, 2.45) is 7.05 Å². The number of hydrogen-bond acceptors (Lipinski definition) is 3. The van der Waals surface area contributed by atoms with Crippen molar-refractivity contribution in [2.75, 3.05) is 0 Å². The number of halogens is 1. The van der Waals surface area contributed by atoms with Crippen LogP contribution in [0.5, 0.6) is 0 Å². The van der Waals surface area contributed by atoms with Gasteiger partial charge in [-0.1, -0.05) is 0 Å². The van der Waals surface area contributed by atoms with Gasteiger partial charge in [-0.25, -0.2) is 0 Å². The zero-order valence-electron chi connectivity index (χ0n) is 9.98. The third kappa shape index (κ3) is 2.40. The molecular formula is C12H14BrN3O. The summed E-state index contributed by atoms with van der Waals surface area (Å²) in [7, 11) is 1.81. The number of nitrogens with zero attached hydrogens (tertiary/aromatic N) is 3. The summed E-state index contributed by atoms with van der Waals surface area (Å²) in [5, 5.41) is 14.5. The lowest BCUT2D eigenvalue weighted by molar-refractivity contribution is 0.208. The van der Waals surface area contributed by atoms with Crippen LogP contribution in [0.3, 0.4) is 0 Å². The molecule has 0 aliphatic carbocycles. The van der Waals surface area contributed by atoms with Gasteiger partial charge in [0.15, 0.2) is 0 Å². The first kappa shape index (κ1) is 12.3. The van der Waals surface area contributed by atoms with Crippen molar-refractivity contribution < 1.29 is 5.11 Å². The number of pyridine rings is 1. The Hall–Kier alpha value is -1.20. The Labute approximate surface area is 108 Å². The van der Waals surface area contributed by atoms with Crippen molar-refractivity contribution >= 4 is 15.9 Å². The van der Waals surface area contributed by atoms with Gasteiger partial charge < -0.3 is 5.11 Å². The van der Waals surface area contributed by atoms with E-state index in [1.54, 1.807) is 10.9 Å². The van der Waals surface area contributed by atoms with Gasteiger partial charge in [0.05, 0.1) is 16.4 Å². The molecule has 0 fully saturated rings. The Kier molecular flexibility index (Phi) is 3.31.